The second-order valence-electron chi connectivity index (χ2n) is 13.9. The largest absolute Gasteiger partial charge is 0.494 e. The Morgan fingerprint density at radius 1 is 0.576 bits per heavy atom. The molecule has 0 aliphatic carbocycles. The molecule has 0 unspecified atom stereocenters. The van der Waals surface area contributed by atoms with E-state index in [1.807, 2.05) is 6.92 Å². The number of halogens is 9. The molecule has 0 N–H and O–H groups in total. The molecule has 0 aromatic heterocycles. The number of benzene rings is 4. The average Bonchev–Trinajstić information content (AvgIpc) is 3.19. The van der Waals surface area contributed by atoms with Gasteiger partial charge in [0, 0.05) is 0 Å². The number of ether oxygens (including phenoxy) is 4. The third kappa shape index (κ3) is 11.9. The molecule has 0 fully saturated rings. The summed E-state index contributed by atoms with van der Waals surface area (Å²) in [4.78, 5) is 36.9. The summed E-state index contributed by atoms with van der Waals surface area (Å²) in [6.45, 7) is 3.34. The normalized spacial score (nSPS) is 12.9. The minimum atomic E-state index is -7.17. The van der Waals surface area contributed by atoms with Crippen molar-refractivity contribution in [2.24, 2.45) is 0 Å². The predicted molar refractivity (Wildman–Crippen MR) is 200 cm³/mol. The molecule has 4 aromatic rings. The van der Waals surface area contributed by atoms with Crippen molar-refractivity contribution in [1.82, 2.24) is 0 Å². The molecule has 0 saturated heterocycles. The Balaban J connectivity index is 1.17. The van der Waals surface area contributed by atoms with E-state index in [0.717, 1.165) is 54.0 Å². The van der Waals surface area contributed by atoms with E-state index in [4.69, 9.17) is 14.2 Å². The second kappa shape index (κ2) is 20.1. The lowest BCUT2D eigenvalue weighted by Gasteiger charge is -2.32. The van der Waals surface area contributed by atoms with Crippen LogP contribution in [0.3, 0.4) is 0 Å². The van der Waals surface area contributed by atoms with Gasteiger partial charge in [-0.1, -0.05) is 62.6 Å². The molecule has 0 bridgehead atoms. The zero-order chi connectivity index (χ0) is 43.4. The van der Waals surface area contributed by atoms with Crippen LogP contribution in [0.1, 0.15) is 92.4 Å². The third-order valence-electron chi connectivity index (χ3n) is 9.28. The fourth-order valence-corrected chi connectivity index (χ4v) is 5.80. The van der Waals surface area contributed by atoms with Gasteiger partial charge in [0.05, 0.1) is 30.4 Å². The number of hydrogen-bond acceptors (Lipinski definition) is 7. The lowest BCUT2D eigenvalue weighted by molar-refractivity contribution is -0.390. The summed E-state index contributed by atoms with van der Waals surface area (Å²) in [5.74, 6) is -24.0. The van der Waals surface area contributed by atoms with Gasteiger partial charge in [-0.05, 0) is 116 Å². The van der Waals surface area contributed by atoms with Crippen molar-refractivity contribution in [3.63, 3.8) is 0 Å². The van der Waals surface area contributed by atoms with Gasteiger partial charge >= 0.3 is 41.9 Å². The lowest BCUT2D eigenvalue weighted by atomic mass is 10.0. The molecule has 0 aliphatic heterocycles. The Hall–Kier alpha value is -5.28. The number of alkyl halides is 9. The number of rotatable bonds is 21. The molecule has 59 heavy (non-hydrogen) atoms. The highest BCUT2D eigenvalue weighted by atomic mass is 19.4. The van der Waals surface area contributed by atoms with E-state index in [-0.39, 0.29) is 31.5 Å². The van der Waals surface area contributed by atoms with Crippen LogP contribution in [0.5, 0.6) is 11.5 Å². The highest BCUT2D eigenvalue weighted by Gasteiger charge is 2.84. The van der Waals surface area contributed by atoms with E-state index in [1.54, 1.807) is 84.9 Å². The molecule has 0 saturated carbocycles. The van der Waals surface area contributed by atoms with E-state index in [2.05, 4.69) is 11.7 Å². The van der Waals surface area contributed by atoms with Gasteiger partial charge < -0.3 is 18.9 Å². The first kappa shape index (κ1) is 46.4. The van der Waals surface area contributed by atoms with Crippen LogP contribution in [0.2, 0.25) is 0 Å². The zero-order valence-electron chi connectivity index (χ0n) is 32.2. The summed E-state index contributed by atoms with van der Waals surface area (Å²) >= 11 is 0. The topological polar surface area (TPSA) is 88.1 Å². The molecular weight excluding hydrogens is 799 g/mol. The van der Waals surface area contributed by atoms with Gasteiger partial charge in [-0.3, -0.25) is 0 Å². The average molecular weight is 843 g/mol. The quantitative estimate of drug-likeness (QED) is 0.0357. The second-order valence-corrected chi connectivity index (χ2v) is 13.9. The van der Waals surface area contributed by atoms with E-state index in [0.29, 0.717) is 35.5 Å². The smallest absolute Gasteiger partial charge is 0.460 e. The van der Waals surface area contributed by atoms with Crippen molar-refractivity contribution in [3.05, 3.63) is 96.1 Å². The number of carbonyl (C=O) groups is 3. The monoisotopic (exact) mass is 842 g/mol. The number of esters is 3. The van der Waals surface area contributed by atoms with Crippen molar-refractivity contribution in [2.45, 2.75) is 102 Å². The van der Waals surface area contributed by atoms with E-state index in [9.17, 15) is 53.9 Å². The molecule has 0 heterocycles. The van der Waals surface area contributed by atoms with Gasteiger partial charge in [0.15, 0.2) is 0 Å². The van der Waals surface area contributed by atoms with Crippen LogP contribution in [0, 0.1) is 0 Å². The summed E-state index contributed by atoms with van der Waals surface area (Å²) in [5.41, 5.74) is 2.37. The molecule has 0 spiro atoms. The molecular formula is C43H43F9O7. The Morgan fingerprint density at radius 2 is 1.12 bits per heavy atom. The number of carbonyl (C=O) groups excluding carboxylic acids is 3. The molecule has 16 heteroatoms. The Bertz CT molecular complexity index is 2020. The van der Waals surface area contributed by atoms with Crippen LogP contribution < -0.4 is 9.47 Å². The summed E-state index contributed by atoms with van der Waals surface area (Å²) in [6, 6.07) is 24.1. The van der Waals surface area contributed by atoms with Crippen molar-refractivity contribution < 1.29 is 72.8 Å². The van der Waals surface area contributed by atoms with Gasteiger partial charge in [0.25, 0.3) is 0 Å². The third-order valence-corrected chi connectivity index (χ3v) is 9.28. The summed E-state index contributed by atoms with van der Waals surface area (Å²) in [7, 11) is 0. The molecule has 320 valence electrons. The summed E-state index contributed by atoms with van der Waals surface area (Å²) < 4.78 is 137. The summed E-state index contributed by atoms with van der Waals surface area (Å²) in [5, 5.41) is 1.56. The van der Waals surface area contributed by atoms with Crippen molar-refractivity contribution in [3.8, 4) is 22.6 Å². The maximum absolute atomic E-state index is 13.6. The lowest BCUT2D eigenvalue weighted by Crippen LogP contribution is -2.63. The highest BCUT2D eigenvalue weighted by molar-refractivity contribution is 5.96. The molecule has 4 aromatic carbocycles. The van der Waals surface area contributed by atoms with Crippen LogP contribution in [0.15, 0.2) is 84.9 Å². The van der Waals surface area contributed by atoms with Gasteiger partial charge in [0.1, 0.15) is 11.5 Å². The van der Waals surface area contributed by atoms with Gasteiger partial charge in [0.2, 0.25) is 0 Å². The molecule has 0 amide bonds. The van der Waals surface area contributed by atoms with Crippen LogP contribution in [0.25, 0.3) is 21.9 Å². The van der Waals surface area contributed by atoms with Crippen LogP contribution >= 0.6 is 0 Å². The fourth-order valence-electron chi connectivity index (χ4n) is 5.80. The zero-order valence-corrected chi connectivity index (χ0v) is 32.2. The van der Waals surface area contributed by atoms with Crippen molar-refractivity contribution >= 4 is 28.7 Å². The molecule has 7 nitrogen and oxygen atoms in total. The summed E-state index contributed by atoms with van der Waals surface area (Å²) in [6.07, 6.45) is -1.12. The number of fused-ring (bicyclic) bond motifs is 1. The SMILES string of the molecule is CCCCCC[C@H](C)OC(=O)c1ccc2cc(OC(=O)c3ccc(-c4ccc(OCCCCCCOC(=O)C(F)(F)C(F)(F)C(F)(F)C(F)(F)F)cc4)cc3)ccc2c1. The van der Waals surface area contributed by atoms with Crippen molar-refractivity contribution in [1.29, 1.82) is 0 Å². The molecule has 1 atom stereocenters. The Morgan fingerprint density at radius 3 is 1.75 bits per heavy atom. The molecule has 4 rings (SSSR count). The van der Waals surface area contributed by atoms with Crippen LogP contribution in [-0.4, -0.2) is 61.2 Å². The first-order valence-electron chi connectivity index (χ1n) is 19.0. The van der Waals surface area contributed by atoms with E-state index in [1.165, 1.54) is 0 Å². The van der Waals surface area contributed by atoms with Gasteiger partial charge in [-0.25, -0.2) is 14.4 Å². The number of hydrogen-bond donors (Lipinski definition) is 0. The molecule has 0 radical (unpaired) electrons. The predicted octanol–water partition coefficient (Wildman–Crippen LogP) is 12.2. The van der Waals surface area contributed by atoms with E-state index >= 15 is 0 Å². The van der Waals surface area contributed by atoms with Crippen LogP contribution in [0.4, 0.5) is 39.5 Å². The Labute approximate surface area is 334 Å². The molecule has 0 aliphatic rings. The van der Waals surface area contributed by atoms with Gasteiger partial charge in [-0.2, -0.15) is 39.5 Å². The maximum atomic E-state index is 13.6. The van der Waals surface area contributed by atoms with Crippen LogP contribution in [-0.2, 0) is 14.3 Å². The highest BCUT2D eigenvalue weighted by Crippen LogP contribution is 2.53. The first-order valence-corrected chi connectivity index (χ1v) is 19.0. The number of unbranched alkanes of at least 4 members (excludes halogenated alkanes) is 6. The first-order chi connectivity index (χ1) is 27.8. The minimum Gasteiger partial charge on any atom is -0.494 e. The maximum Gasteiger partial charge on any atom is 0.460 e. The van der Waals surface area contributed by atoms with Gasteiger partial charge in [-0.15, -0.1) is 0 Å². The standard InChI is InChI=1S/C43H43F9O7/c1-3-4-5-8-11-28(2)58-38(54)34-17-16-33-27-36(23-20-32(33)26-34)59-37(53)31-14-12-29(13-15-31)30-18-21-35(22-19-30)56-24-9-6-7-10-25-57-39(55)40(44,45)41(46,47)42(48,49)43(50,51)52/h12-23,26-28H,3-11,24-25H2,1-2H3/t28-/m0/s1. The van der Waals surface area contributed by atoms with E-state index < -0.39 is 42.5 Å². The minimum absolute atomic E-state index is 0.155. The Kier molecular flexibility index (Phi) is 15.8. The van der Waals surface area contributed by atoms with Crippen molar-refractivity contribution in [2.75, 3.05) is 13.2 Å². The fraction of sp³-hybridized carbons (Fsp3) is 0.419.